The molecule has 3 nitrogen and oxygen atoms in total. The molecule has 0 aliphatic heterocycles. The summed E-state index contributed by atoms with van der Waals surface area (Å²) in [7, 11) is -3.05. The first kappa shape index (κ1) is 18.3. The number of benzene rings is 1. The van der Waals surface area contributed by atoms with Gasteiger partial charge >= 0.3 is 7.60 Å². The Morgan fingerprint density at radius 1 is 1.10 bits per heavy atom. The molecule has 0 spiro atoms. The number of hydrogen-bond acceptors (Lipinski definition) is 3. The van der Waals surface area contributed by atoms with Crippen molar-refractivity contribution < 1.29 is 13.6 Å². The molecule has 21 heavy (non-hydrogen) atoms. The van der Waals surface area contributed by atoms with Gasteiger partial charge in [0.2, 0.25) is 0 Å². The lowest BCUT2D eigenvalue weighted by Gasteiger charge is -2.20. The summed E-state index contributed by atoms with van der Waals surface area (Å²) >= 11 is 0. The molecule has 0 aliphatic rings. The van der Waals surface area contributed by atoms with Crippen molar-refractivity contribution in [3.63, 3.8) is 0 Å². The SMILES string of the molecule is CCCCP(=O)(OCC(C)C)Oc1ccc(C(C)C)cc1. The molecular formula is C17H29O3P. The van der Waals surface area contributed by atoms with E-state index in [1.807, 2.05) is 38.1 Å². The zero-order chi connectivity index (χ0) is 15.9. The predicted octanol–water partition coefficient (Wildman–Crippen LogP) is 5.85. The molecule has 0 radical (unpaired) electrons. The Morgan fingerprint density at radius 3 is 2.19 bits per heavy atom. The minimum Gasteiger partial charge on any atom is -0.424 e. The Balaban J connectivity index is 2.77. The molecule has 4 heteroatoms. The van der Waals surface area contributed by atoms with Crippen LogP contribution in [0.15, 0.2) is 24.3 Å². The second kappa shape index (κ2) is 8.60. The number of hydrogen-bond donors (Lipinski definition) is 0. The smallest absolute Gasteiger partial charge is 0.379 e. The van der Waals surface area contributed by atoms with Crippen molar-refractivity contribution in [3.8, 4) is 5.75 Å². The van der Waals surface area contributed by atoms with E-state index >= 15 is 0 Å². The number of unbranched alkanes of at least 4 members (excludes halogenated alkanes) is 1. The van der Waals surface area contributed by atoms with Crippen LogP contribution >= 0.6 is 7.60 Å². The molecule has 1 unspecified atom stereocenters. The first-order valence-electron chi connectivity index (χ1n) is 7.89. The largest absolute Gasteiger partial charge is 0.424 e. The molecule has 0 bridgehead atoms. The average molecular weight is 312 g/mol. The third kappa shape index (κ3) is 6.67. The molecule has 0 amide bonds. The van der Waals surface area contributed by atoms with Gasteiger partial charge in [0.25, 0.3) is 0 Å². The lowest BCUT2D eigenvalue weighted by molar-refractivity contribution is 0.233. The van der Waals surface area contributed by atoms with Crippen LogP contribution < -0.4 is 4.52 Å². The fourth-order valence-corrected chi connectivity index (χ4v) is 3.77. The van der Waals surface area contributed by atoms with Crippen LogP contribution in [0.25, 0.3) is 0 Å². The Kier molecular flexibility index (Phi) is 7.48. The van der Waals surface area contributed by atoms with Crippen LogP contribution in [-0.4, -0.2) is 12.8 Å². The molecule has 0 saturated heterocycles. The summed E-state index contributed by atoms with van der Waals surface area (Å²) in [4.78, 5) is 0. The number of rotatable bonds is 9. The molecule has 0 fully saturated rings. The maximum Gasteiger partial charge on any atom is 0.379 e. The maximum atomic E-state index is 12.8. The molecule has 1 atom stereocenters. The highest BCUT2D eigenvalue weighted by molar-refractivity contribution is 7.54. The summed E-state index contributed by atoms with van der Waals surface area (Å²) in [5, 5.41) is 0. The van der Waals surface area contributed by atoms with E-state index in [9.17, 15) is 4.57 Å². The van der Waals surface area contributed by atoms with Crippen LogP contribution in [0, 0.1) is 5.92 Å². The van der Waals surface area contributed by atoms with E-state index in [0.717, 1.165) is 12.8 Å². The van der Waals surface area contributed by atoms with Gasteiger partial charge in [0, 0.05) is 0 Å². The van der Waals surface area contributed by atoms with Crippen molar-refractivity contribution in [1.82, 2.24) is 0 Å². The van der Waals surface area contributed by atoms with E-state index in [2.05, 4.69) is 20.8 Å². The van der Waals surface area contributed by atoms with E-state index in [4.69, 9.17) is 9.05 Å². The molecule has 0 saturated carbocycles. The van der Waals surface area contributed by atoms with E-state index in [0.29, 0.717) is 30.4 Å². The van der Waals surface area contributed by atoms with Gasteiger partial charge in [-0.1, -0.05) is 53.2 Å². The minimum atomic E-state index is -3.05. The molecule has 0 N–H and O–H groups in total. The van der Waals surface area contributed by atoms with Crippen molar-refractivity contribution in [2.75, 3.05) is 12.8 Å². The van der Waals surface area contributed by atoms with Crippen LogP contribution in [0.4, 0.5) is 0 Å². The van der Waals surface area contributed by atoms with Crippen molar-refractivity contribution in [2.45, 2.75) is 53.4 Å². The normalized spacial score (nSPS) is 14.4. The molecular weight excluding hydrogens is 283 g/mol. The first-order valence-corrected chi connectivity index (χ1v) is 9.62. The van der Waals surface area contributed by atoms with E-state index in [1.165, 1.54) is 5.56 Å². The Labute approximate surface area is 129 Å². The zero-order valence-corrected chi connectivity index (χ0v) is 14.9. The first-order chi connectivity index (χ1) is 9.86. The van der Waals surface area contributed by atoms with Gasteiger partial charge in [-0.15, -0.1) is 0 Å². The minimum absolute atomic E-state index is 0.340. The molecule has 0 aromatic heterocycles. The summed E-state index contributed by atoms with van der Waals surface area (Å²) in [6.45, 7) is 10.9. The lowest BCUT2D eigenvalue weighted by atomic mass is 10.0. The topological polar surface area (TPSA) is 35.5 Å². The van der Waals surface area contributed by atoms with Crippen molar-refractivity contribution in [2.24, 2.45) is 5.92 Å². The van der Waals surface area contributed by atoms with Crippen LogP contribution in [0.3, 0.4) is 0 Å². The second-order valence-electron chi connectivity index (χ2n) is 6.19. The summed E-state index contributed by atoms with van der Waals surface area (Å²) in [5.41, 5.74) is 1.24. The fraction of sp³-hybridized carbons (Fsp3) is 0.647. The van der Waals surface area contributed by atoms with E-state index < -0.39 is 7.60 Å². The van der Waals surface area contributed by atoms with Crippen molar-refractivity contribution >= 4 is 7.60 Å². The van der Waals surface area contributed by atoms with Crippen LogP contribution in [0.5, 0.6) is 5.75 Å². The summed E-state index contributed by atoms with van der Waals surface area (Å²) in [6, 6.07) is 7.80. The summed E-state index contributed by atoms with van der Waals surface area (Å²) in [5.74, 6) is 1.44. The Morgan fingerprint density at radius 2 is 1.71 bits per heavy atom. The highest BCUT2D eigenvalue weighted by atomic mass is 31.2. The molecule has 1 aromatic rings. The van der Waals surface area contributed by atoms with Crippen LogP contribution in [0.2, 0.25) is 0 Å². The van der Waals surface area contributed by atoms with Gasteiger partial charge < -0.3 is 4.52 Å². The van der Waals surface area contributed by atoms with Gasteiger partial charge in [-0.3, -0.25) is 4.52 Å². The highest BCUT2D eigenvalue weighted by Gasteiger charge is 2.26. The van der Waals surface area contributed by atoms with Gasteiger partial charge in [0.15, 0.2) is 0 Å². The standard InChI is InChI=1S/C17H29O3P/c1-6-7-12-21(18,19-13-14(2)3)20-17-10-8-16(9-11-17)15(4)5/h8-11,14-15H,6-7,12-13H2,1-5H3. The predicted molar refractivity (Wildman–Crippen MR) is 89.3 cm³/mol. The van der Waals surface area contributed by atoms with Gasteiger partial charge in [0.05, 0.1) is 12.8 Å². The van der Waals surface area contributed by atoms with E-state index in [1.54, 1.807) is 0 Å². The second-order valence-corrected chi connectivity index (χ2v) is 8.30. The lowest BCUT2D eigenvalue weighted by Crippen LogP contribution is -2.07. The van der Waals surface area contributed by atoms with Crippen molar-refractivity contribution in [3.05, 3.63) is 29.8 Å². The third-order valence-electron chi connectivity index (χ3n) is 3.18. The monoisotopic (exact) mass is 312 g/mol. The maximum absolute atomic E-state index is 12.8. The quantitative estimate of drug-likeness (QED) is 0.536. The van der Waals surface area contributed by atoms with Crippen LogP contribution in [0.1, 0.15) is 58.9 Å². The van der Waals surface area contributed by atoms with Gasteiger partial charge in [-0.25, -0.2) is 4.57 Å². The molecule has 0 heterocycles. The third-order valence-corrected chi connectivity index (χ3v) is 5.08. The zero-order valence-electron chi connectivity index (χ0n) is 14.0. The molecule has 120 valence electrons. The van der Waals surface area contributed by atoms with E-state index in [-0.39, 0.29) is 0 Å². The van der Waals surface area contributed by atoms with Gasteiger partial charge in [0.1, 0.15) is 5.75 Å². The fourth-order valence-electron chi connectivity index (χ4n) is 1.83. The Bertz CT molecular complexity index is 452. The van der Waals surface area contributed by atoms with Crippen LogP contribution in [-0.2, 0) is 9.09 Å². The average Bonchev–Trinajstić information content (AvgIpc) is 2.44. The molecule has 1 aromatic carbocycles. The van der Waals surface area contributed by atoms with Gasteiger partial charge in [-0.2, -0.15) is 0 Å². The molecule has 0 aliphatic carbocycles. The van der Waals surface area contributed by atoms with Crippen molar-refractivity contribution in [1.29, 1.82) is 0 Å². The van der Waals surface area contributed by atoms with Gasteiger partial charge in [-0.05, 0) is 36.0 Å². The molecule has 1 rings (SSSR count). The highest BCUT2D eigenvalue weighted by Crippen LogP contribution is 2.49. The Hall–Kier alpha value is -0.790. The summed E-state index contributed by atoms with van der Waals surface area (Å²) < 4.78 is 24.2. The summed E-state index contributed by atoms with van der Waals surface area (Å²) in [6.07, 6.45) is 2.30.